The largest absolute Gasteiger partial charge is 0.337 e. The van der Waals surface area contributed by atoms with E-state index in [2.05, 4.69) is 10.0 Å². The Morgan fingerprint density at radius 2 is 2.05 bits per heavy atom. The van der Waals surface area contributed by atoms with Gasteiger partial charge in [-0.1, -0.05) is 0 Å². The SMILES string of the molecule is CNS(=O)(=O)CC(=O)N(CC1CCCN1)C1CC1.Cl. The number of nitrogens with zero attached hydrogens (tertiary/aromatic N) is 1. The van der Waals surface area contributed by atoms with E-state index < -0.39 is 15.8 Å². The van der Waals surface area contributed by atoms with E-state index in [0.29, 0.717) is 12.6 Å². The lowest BCUT2D eigenvalue weighted by Crippen LogP contribution is -2.45. The molecule has 6 nitrogen and oxygen atoms in total. The molecule has 19 heavy (non-hydrogen) atoms. The van der Waals surface area contributed by atoms with Crippen molar-refractivity contribution in [1.29, 1.82) is 0 Å². The second-order valence-corrected chi connectivity index (χ2v) is 6.96. The van der Waals surface area contributed by atoms with E-state index in [4.69, 9.17) is 0 Å². The average Bonchev–Trinajstić information content (AvgIpc) is 3.02. The summed E-state index contributed by atoms with van der Waals surface area (Å²) in [4.78, 5) is 13.8. The summed E-state index contributed by atoms with van der Waals surface area (Å²) in [6.07, 6.45) is 4.19. The third-order valence-electron chi connectivity index (χ3n) is 3.51. The molecule has 0 aromatic heterocycles. The summed E-state index contributed by atoms with van der Waals surface area (Å²) in [5.74, 6) is -0.715. The molecule has 112 valence electrons. The van der Waals surface area contributed by atoms with Crippen LogP contribution in [-0.2, 0) is 14.8 Å². The number of carbonyl (C=O) groups is 1. The second kappa shape index (κ2) is 6.88. The molecule has 2 aliphatic rings. The van der Waals surface area contributed by atoms with Gasteiger partial charge in [0, 0.05) is 18.6 Å². The number of amides is 1. The summed E-state index contributed by atoms with van der Waals surface area (Å²) in [6, 6.07) is 0.582. The first-order valence-electron chi connectivity index (χ1n) is 6.46. The van der Waals surface area contributed by atoms with Crippen molar-refractivity contribution in [2.75, 3.05) is 25.9 Å². The Kier molecular flexibility index (Phi) is 6.04. The molecule has 1 unspecified atom stereocenters. The molecule has 1 aliphatic heterocycles. The zero-order valence-corrected chi connectivity index (χ0v) is 12.7. The summed E-state index contributed by atoms with van der Waals surface area (Å²) in [5.41, 5.74) is 0. The molecule has 2 fully saturated rings. The molecule has 1 aliphatic carbocycles. The molecular weight excluding hydrogens is 290 g/mol. The monoisotopic (exact) mass is 311 g/mol. The van der Waals surface area contributed by atoms with Gasteiger partial charge in [0.15, 0.2) is 0 Å². The molecule has 1 saturated heterocycles. The van der Waals surface area contributed by atoms with Gasteiger partial charge >= 0.3 is 0 Å². The second-order valence-electron chi connectivity index (χ2n) is 5.03. The van der Waals surface area contributed by atoms with E-state index in [1.165, 1.54) is 7.05 Å². The van der Waals surface area contributed by atoms with Crippen molar-refractivity contribution < 1.29 is 13.2 Å². The average molecular weight is 312 g/mol. The van der Waals surface area contributed by atoms with Crippen LogP contribution in [0.3, 0.4) is 0 Å². The van der Waals surface area contributed by atoms with Crippen molar-refractivity contribution >= 4 is 28.3 Å². The van der Waals surface area contributed by atoms with Gasteiger partial charge in [-0.05, 0) is 39.3 Å². The summed E-state index contributed by atoms with van der Waals surface area (Å²) in [6.45, 7) is 1.63. The Balaban J connectivity index is 0.00000180. The van der Waals surface area contributed by atoms with Crippen LogP contribution in [0.15, 0.2) is 0 Å². The highest BCUT2D eigenvalue weighted by atomic mass is 35.5. The summed E-state index contributed by atoms with van der Waals surface area (Å²) in [7, 11) is -2.13. The van der Waals surface area contributed by atoms with Gasteiger partial charge < -0.3 is 10.2 Å². The van der Waals surface area contributed by atoms with Gasteiger partial charge in [0.25, 0.3) is 0 Å². The normalized spacial score (nSPS) is 22.9. The van der Waals surface area contributed by atoms with Crippen LogP contribution in [0.4, 0.5) is 0 Å². The Labute approximate surface area is 120 Å². The molecule has 1 atom stereocenters. The molecule has 0 bridgehead atoms. The number of hydrogen-bond donors (Lipinski definition) is 2. The van der Waals surface area contributed by atoms with E-state index in [1.54, 1.807) is 4.90 Å². The molecule has 1 amide bonds. The van der Waals surface area contributed by atoms with Crippen molar-refractivity contribution in [3.05, 3.63) is 0 Å². The minimum Gasteiger partial charge on any atom is -0.337 e. The first-order chi connectivity index (χ1) is 8.52. The van der Waals surface area contributed by atoms with E-state index in [-0.39, 0.29) is 24.4 Å². The van der Waals surface area contributed by atoms with Crippen LogP contribution >= 0.6 is 12.4 Å². The Morgan fingerprint density at radius 1 is 1.37 bits per heavy atom. The quantitative estimate of drug-likeness (QED) is 0.706. The standard InChI is InChI=1S/C11H21N3O3S.ClH/c1-12-18(16,17)8-11(15)14(10-4-5-10)7-9-3-2-6-13-9;/h9-10,12-13H,2-8H2,1H3;1H. The van der Waals surface area contributed by atoms with E-state index in [9.17, 15) is 13.2 Å². The van der Waals surface area contributed by atoms with Crippen molar-refractivity contribution in [1.82, 2.24) is 14.9 Å². The molecular formula is C11H22ClN3O3S. The number of rotatable bonds is 6. The van der Waals surface area contributed by atoms with Gasteiger partial charge in [0.2, 0.25) is 15.9 Å². The van der Waals surface area contributed by atoms with Crippen molar-refractivity contribution in [2.24, 2.45) is 0 Å². The number of carbonyl (C=O) groups excluding carboxylic acids is 1. The number of halogens is 1. The fourth-order valence-electron chi connectivity index (χ4n) is 2.31. The first-order valence-corrected chi connectivity index (χ1v) is 8.11. The zero-order valence-electron chi connectivity index (χ0n) is 11.1. The van der Waals surface area contributed by atoms with Crippen LogP contribution in [0.1, 0.15) is 25.7 Å². The van der Waals surface area contributed by atoms with Gasteiger partial charge in [-0.15, -0.1) is 12.4 Å². The van der Waals surface area contributed by atoms with Crippen LogP contribution in [0.25, 0.3) is 0 Å². The maximum Gasteiger partial charge on any atom is 0.239 e. The summed E-state index contributed by atoms with van der Waals surface area (Å²) in [5, 5.41) is 3.34. The predicted molar refractivity (Wildman–Crippen MR) is 75.9 cm³/mol. The fourth-order valence-corrected chi connectivity index (χ4v) is 2.94. The maximum absolute atomic E-state index is 12.1. The van der Waals surface area contributed by atoms with Crippen LogP contribution in [0.5, 0.6) is 0 Å². The summed E-state index contributed by atoms with van der Waals surface area (Å²) < 4.78 is 25.0. The topological polar surface area (TPSA) is 78.5 Å². The molecule has 1 saturated carbocycles. The molecule has 0 spiro atoms. The lowest BCUT2D eigenvalue weighted by Gasteiger charge is -2.25. The van der Waals surface area contributed by atoms with E-state index >= 15 is 0 Å². The number of hydrogen-bond acceptors (Lipinski definition) is 4. The number of nitrogens with one attached hydrogen (secondary N) is 2. The first kappa shape index (κ1) is 16.7. The van der Waals surface area contributed by atoms with Gasteiger partial charge in [-0.3, -0.25) is 4.79 Å². The molecule has 0 radical (unpaired) electrons. The lowest BCUT2D eigenvalue weighted by molar-refractivity contribution is -0.129. The van der Waals surface area contributed by atoms with E-state index in [1.807, 2.05) is 0 Å². The third-order valence-corrected chi connectivity index (χ3v) is 4.76. The predicted octanol–water partition coefficient (Wildman–Crippen LogP) is -0.300. The third kappa shape index (κ3) is 4.91. The van der Waals surface area contributed by atoms with Gasteiger partial charge in [0.05, 0.1) is 0 Å². The van der Waals surface area contributed by atoms with Gasteiger partial charge in [-0.25, -0.2) is 13.1 Å². The van der Waals surface area contributed by atoms with Gasteiger partial charge in [-0.2, -0.15) is 0 Å². The highest BCUT2D eigenvalue weighted by Crippen LogP contribution is 2.28. The van der Waals surface area contributed by atoms with Gasteiger partial charge in [0.1, 0.15) is 5.75 Å². The number of sulfonamides is 1. The molecule has 0 aromatic carbocycles. The maximum atomic E-state index is 12.1. The smallest absolute Gasteiger partial charge is 0.239 e. The molecule has 0 aromatic rings. The van der Waals surface area contributed by atoms with E-state index in [0.717, 1.165) is 32.2 Å². The van der Waals surface area contributed by atoms with Crippen molar-refractivity contribution in [2.45, 2.75) is 37.8 Å². The van der Waals surface area contributed by atoms with Crippen LogP contribution in [-0.4, -0.2) is 57.2 Å². The van der Waals surface area contributed by atoms with Crippen molar-refractivity contribution in [3.63, 3.8) is 0 Å². The van der Waals surface area contributed by atoms with Crippen LogP contribution in [0, 0.1) is 0 Å². The molecule has 8 heteroatoms. The molecule has 2 N–H and O–H groups in total. The molecule has 1 heterocycles. The Morgan fingerprint density at radius 3 is 2.53 bits per heavy atom. The Hall–Kier alpha value is -0.370. The fraction of sp³-hybridized carbons (Fsp3) is 0.909. The summed E-state index contributed by atoms with van der Waals surface area (Å²) >= 11 is 0. The minimum absolute atomic E-state index is 0. The highest BCUT2D eigenvalue weighted by molar-refractivity contribution is 7.90. The van der Waals surface area contributed by atoms with Crippen LogP contribution < -0.4 is 10.0 Å². The minimum atomic E-state index is -3.46. The zero-order chi connectivity index (χ0) is 13.2. The Bertz CT molecular complexity index is 405. The van der Waals surface area contributed by atoms with Crippen LogP contribution in [0.2, 0.25) is 0 Å². The molecule has 2 rings (SSSR count). The lowest BCUT2D eigenvalue weighted by atomic mass is 10.2. The van der Waals surface area contributed by atoms with Crippen molar-refractivity contribution in [3.8, 4) is 0 Å². The highest BCUT2D eigenvalue weighted by Gasteiger charge is 2.35.